The van der Waals surface area contributed by atoms with Gasteiger partial charge in [0.05, 0.1) is 11.2 Å². The van der Waals surface area contributed by atoms with E-state index in [1.807, 2.05) is 24.3 Å². The Labute approximate surface area is 136 Å². The fraction of sp³-hybridized carbons (Fsp3) is 0. The Morgan fingerprint density at radius 1 is 1.04 bits per heavy atom. The molecule has 3 aromatic heterocycles. The molecule has 8 nitrogen and oxygen atoms in total. The van der Waals surface area contributed by atoms with Crippen LogP contribution in [0.2, 0.25) is 0 Å². The highest BCUT2D eigenvalue weighted by molar-refractivity contribution is 6.07. The van der Waals surface area contributed by atoms with Gasteiger partial charge in [-0.15, -0.1) is 10.2 Å². The Hall–Kier alpha value is -3.68. The predicted molar refractivity (Wildman–Crippen MR) is 86.6 cm³/mol. The van der Waals surface area contributed by atoms with Crippen molar-refractivity contribution in [3.05, 3.63) is 67.0 Å². The molecule has 0 radical (unpaired) electrons. The zero-order chi connectivity index (χ0) is 16.4. The minimum atomic E-state index is -0.356. The first-order valence-electron chi connectivity index (χ1n) is 7.15. The summed E-state index contributed by atoms with van der Waals surface area (Å²) in [6.45, 7) is 0. The number of benzene rings is 1. The van der Waals surface area contributed by atoms with Gasteiger partial charge in [-0.25, -0.2) is 9.67 Å². The van der Waals surface area contributed by atoms with Crippen molar-refractivity contribution in [2.24, 2.45) is 0 Å². The molecule has 4 rings (SSSR count). The minimum Gasteiger partial charge on any atom is -0.319 e. The van der Waals surface area contributed by atoms with Crippen molar-refractivity contribution in [2.45, 2.75) is 0 Å². The van der Waals surface area contributed by atoms with Gasteiger partial charge in [0.2, 0.25) is 0 Å². The molecular formula is C16H11N7O. The van der Waals surface area contributed by atoms with E-state index >= 15 is 0 Å². The van der Waals surface area contributed by atoms with E-state index in [1.54, 1.807) is 24.4 Å². The molecule has 0 spiro atoms. The first kappa shape index (κ1) is 13.9. The molecule has 8 heteroatoms. The van der Waals surface area contributed by atoms with Crippen molar-refractivity contribution in [3.8, 4) is 5.82 Å². The number of amides is 1. The quantitative estimate of drug-likeness (QED) is 0.619. The Balaban J connectivity index is 1.60. The summed E-state index contributed by atoms with van der Waals surface area (Å²) in [6, 6.07) is 12.6. The summed E-state index contributed by atoms with van der Waals surface area (Å²) in [5.74, 6) is 0.127. The molecule has 0 fully saturated rings. The molecule has 0 bridgehead atoms. The second-order valence-electron chi connectivity index (χ2n) is 4.95. The Kier molecular flexibility index (Phi) is 3.39. The maximum atomic E-state index is 12.4. The third-order valence-electron chi connectivity index (χ3n) is 3.42. The summed E-state index contributed by atoms with van der Waals surface area (Å²) in [6.07, 6.45) is 4.59. The third-order valence-corrected chi connectivity index (χ3v) is 3.42. The van der Waals surface area contributed by atoms with Crippen LogP contribution in [0.3, 0.4) is 0 Å². The highest BCUT2D eigenvalue weighted by atomic mass is 16.1. The van der Waals surface area contributed by atoms with Crippen LogP contribution in [0.1, 0.15) is 10.5 Å². The summed E-state index contributed by atoms with van der Waals surface area (Å²) in [5.41, 5.74) is 1.55. The van der Waals surface area contributed by atoms with Crippen LogP contribution in [0.5, 0.6) is 0 Å². The molecule has 0 unspecified atom stereocenters. The van der Waals surface area contributed by atoms with Gasteiger partial charge in [0, 0.05) is 11.6 Å². The van der Waals surface area contributed by atoms with Crippen LogP contribution in [0.4, 0.5) is 5.69 Å². The lowest BCUT2D eigenvalue weighted by atomic mass is 10.2. The average molecular weight is 317 g/mol. The van der Waals surface area contributed by atoms with Gasteiger partial charge in [-0.1, -0.05) is 18.2 Å². The summed E-state index contributed by atoms with van der Waals surface area (Å²) >= 11 is 0. The summed E-state index contributed by atoms with van der Waals surface area (Å²) in [5, 5.41) is 15.6. The van der Waals surface area contributed by atoms with Gasteiger partial charge in [0.25, 0.3) is 5.91 Å². The van der Waals surface area contributed by atoms with E-state index < -0.39 is 0 Å². The first-order chi connectivity index (χ1) is 11.8. The van der Waals surface area contributed by atoms with Gasteiger partial charge in [0.1, 0.15) is 12.7 Å². The maximum absolute atomic E-state index is 12.4. The van der Waals surface area contributed by atoms with Crippen LogP contribution in [0.15, 0.2) is 61.3 Å². The number of hydrogen-bond donors (Lipinski definition) is 1. The fourth-order valence-electron chi connectivity index (χ4n) is 2.29. The van der Waals surface area contributed by atoms with Crippen molar-refractivity contribution in [2.75, 3.05) is 5.32 Å². The van der Waals surface area contributed by atoms with Gasteiger partial charge in [-0.05, 0) is 24.3 Å². The number of anilines is 1. The SMILES string of the molecule is O=C(Nc1cccc2cccnc12)c1ccc(-n2cncn2)nn1. The van der Waals surface area contributed by atoms with Gasteiger partial charge >= 0.3 is 0 Å². The number of hydrogen-bond acceptors (Lipinski definition) is 6. The van der Waals surface area contributed by atoms with Crippen molar-refractivity contribution in [3.63, 3.8) is 0 Å². The molecule has 0 saturated carbocycles. The average Bonchev–Trinajstić information content (AvgIpc) is 3.17. The zero-order valence-electron chi connectivity index (χ0n) is 12.4. The van der Waals surface area contributed by atoms with E-state index in [1.165, 1.54) is 17.3 Å². The number of nitrogens with zero attached hydrogens (tertiary/aromatic N) is 6. The number of pyridine rings is 1. The maximum Gasteiger partial charge on any atom is 0.276 e. The number of carbonyl (C=O) groups excluding carboxylic acids is 1. The Bertz CT molecular complexity index is 991. The molecule has 24 heavy (non-hydrogen) atoms. The van der Waals surface area contributed by atoms with Crippen molar-refractivity contribution in [1.29, 1.82) is 0 Å². The van der Waals surface area contributed by atoms with Crippen LogP contribution in [-0.4, -0.2) is 35.9 Å². The van der Waals surface area contributed by atoms with Crippen LogP contribution in [0.25, 0.3) is 16.7 Å². The monoisotopic (exact) mass is 317 g/mol. The van der Waals surface area contributed by atoms with E-state index in [9.17, 15) is 4.79 Å². The van der Waals surface area contributed by atoms with Gasteiger partial charge in [-0.2, -0.15) is 5.10 Å². The molecule has 1 aromatic carbocycles. The number of fused-ring (bicyclic) bond motifs is 1. The van der Waals surface area contributed by atoms with Gasteiger partial charge in [-0.3, -0.25) is 9.78 Å². The van der Waals surface area contributed by atoms with Crippen LogP contribution >= 0.6 is 0 Å². The van der Waals surface area contributed by atoms with E-state index in [4.69, 9.17) is 0 Å². The number of para-hydroxylation sites is 1. The molecule has 0 aliphatic rings. The standard InChI is InChI=1S/C16H11N7O/c24-16(13-6-7-14(22-21-13)23-10-17-9-19-23)20-12-5-1-3-11-4-2-8-18-15(11)12/h1-10H,(H,20,24). The Morgan fingerprint density at radius 3 is 2.75 bits per heavy atom. The normalized spacial score (nSPS) is 10.7. The highest BCUT2D eigenvalue weighted by Crippen LogP contribution is 2.21. The largest absolute Gasteiger partial charge is 0.319 e. The molecular weight excluding hydrogens is 306 g/mol. The van der Waals surface area contributed by atoms with Gasteiger partial charge < -0.3 is 5.32 Å². The van der Waals surface area contributed by atoms with Crippen molar-refractivity contribution in [1.82, 2.24) is 29.9 Å². The van der Waals surface area contributed by atoms with Crippen molar-refractivity contribution >= 4 is 22.5 Å². The van der Waals surface area contributed by atoms with Crippen LogP contribution in [-0.2, 0) is 0 Å². The highest BCUT2D eigenvalue weighted by Gasteiger charge is 2.11. The Morgan fingerprint density at radius 2 is 1.96 bits per heavy atom. The van der Waals surface area contributed by atoms with E-state index in [0.717, 1.165) is 10.9 Å². The zero-order valence-corrected chi connectivity index (χ0v) is 12.4. The summed E-state index contributed by atoms with van der Waals surface area (Å²) < 4.78 is 1.46. The molecule has 1 N–H and O–H groups in total. The second-order valence-corrected chi connectivity index (χ2v) is 4.95. The smallest absolute Gasteiger partial charge is 0.276 e. The molecule has 0 aliphatic carbocycles. The number of rotatable bonds is 3. The summed E-state index contributed by atoms with van der Waals surface area (Å²) in [4.78, 5) is 20.5. The number of nitrogens with one attached hydrogen (secondary N) is 1. The van der Waals surface area contributed by atoms with E-state index in [0.29, 0.717) is 11.5 Å². The molecule has 1 amide bonds. The molecule has 116 valence electrons. The van der Waals surface area contributed by atoms with Gasteiger partial charge in [0.15, 0.2) is 11.5 Å². The molecule has 3 heterocycles. The third kappa shape index (κ3) is 2.56. The van der Waals surface area contributed by atoms with Crippen molar-refractivity contribution < 1.29 is 4.79 Å². The molecule has 0 aliphatic heterocycles. The fourth-order valence-corrected chi connectivity index (χ4v) is 2.29. The van der Waals surface area contributed by atoms with E-state index in [-0.39, 0.29) is 11.6 Å². The summed E-state index contributed by atoms with van der Waals surface area (Å²) in [7, 11) is 0. The molecule has 0 atom stereocenters. The minimum absolute atomic E-state index is 0.201. The predicted octanol–water partition coefficient (Wildman–Crippen LogP) is 1.86. The van der Waals surface area contributed by atoms with Crippen LogP contribution < -0.4 is 5.32 Å². The lowest BCUT2D eigenvalue weighted by Crippen LogP contribution is -2.15. The second kappa shape index (κ2) is 5.84. The van der Waals surface area contributed by atoms with Crippen LogP contribution in [0, 0.1) is 0 Å². The molecule has 4 aromatic rings. The van der Waals surface area contributed by atoms with E-state index in [2.05, 4.69) is 30.6 Å². The topological polar surface area (TPSA) is 98.5 Å². The number of aromatic nitrogens is 6. The number of carbonyl (C=O) groups is 1. The lowest BCUT2D eigenvalue weighted by Gasteiger charge is -2.07. The lowest BCUT2D eigenvalue weighted by molar-refractivity contribution is 0.102. The molecule has 0 saturated heterocycles. The first-order valence-corrected chi connectivity index (χ1v) is 7.15.